The molecule has 1 aromatic heterocycles. The van der Waals surface area contributed by atoms with Crippen molar-refractivity contribution in [3.63, 3.8) is 0 Å². The average molecular weight is 423 g/mol. The fourth-order valence-electron chi connectivity index (χ4n) is 3.72. The summed E-state index contributed by atoms with van der Waals surface area (Å²) in [6, 6.07) is 15.8. The number of nitrogens with zero attached hydrogens (tertiary/aromatic N) is 4. The van der Waals surface area contributed by atoms with Crippen LogP contribution in [-0.4, -0.2) is 55.4 Å². The van der Waals surface area contributed by atoms with Gasteiger partial charge in [0.05, 0.1) is 46.1 Å². The number of para-hydroxylation sites is 2. The molecule has 1 fully saturated rings. The molecule has 0 saturated carbocycles. The number of hydrogen-bond acceptors (Lipinski definition) is 8. The van der Waals surface area contributed by atoms with Crippen molar-refractivity contribution in [2.24, 2.45) is 0 Å². The maximum Gasteiger partial charge on any atom is 0.232 e. The van der Waals surface area contributed by atoms with Crippen molar-refractivity contribution in [1.29, 1.82) is 0 Å². The van der Waals surface area contributed by atoms with E-state index in [9.17, 15) is 0 Å². The van der Waals surface area contributed by atoms with Gasteiger partial charge in [-0.3, -0.25) is 0 Å². The molecule has 0 unspecified atom stereocenters. The summed E-state index contributed by atoms with van der Waals surface area (Å²) in [6.45, 7) is 4.62. The summed E-state index contributed by atoms with van der Waals surface area (Å²) in [5, 5.41) is 3.18. The average Bonchev–Trinajstić information content (AvgIpc) is 2.80. The minimum absolute atomic E-state index is 0.207. The van der Waals surface area contributed by atoms with E-state index in [0.717, 1.165) is 37.6 Å². The van der Waals surface area contributed by atoms with Crippen molar-refractivity contribution in [2.75, 3.05) is 56.3 Å². The predicted molar refractivity (Wildman–Crippen MR) is 120 cm³/mol. The molecule has 3 aromatic rings. The monoisotopic (exact) mass is 422 g/mol. The fraction of sp³-hybridized carbons (Fsp3) is 0.318. The fourth-order valence-corrected chi connectivity index (χ4v) is 3.72. The van der Waals surface area contributed by atoms with Gasteiger partial charge in [0.15, 0.2) is 5.82 Å². The van der Waals surface area contributed by atoms with Crippen LogP contribution in [0.1, 0.15) is 5.82 Å². The number of piperazine rings is 1. The SMILES string of the molecule is COc1ccc(N2CC[NH+](Cc3nc(N)nc(Nc4ccccc4OC)n3)CC2)cc1. The summed E-state index contributed by atoms with van der Waals surface area (Å²) in [6.07, 6.45) is 0. The molecule has 0 spiro atoms. The Morgan fingerprint density at radius 2 is 1.71 bits per heavy atom. The Kier molecular flexibility index (Phi) is 6.32. The Morgan fingerprint density at radius 3 is 2.42 bits per heavy atom. The first-order valence-corrected chi connectivity index (χ1v) is 10.3. The highest BCUT2D eigenvalue weighted by molar-refractivity contribution is 5.62. The molecular weight excluding hydrogens is 394 g/mol. The smallest absolute Gasteiger partial charge is 0.232 e. The third-order valence-corrected chi connectivity index (χ3v) is 5.37. The van der Waals surface area contributed by atoms with Gasteiger partial charge in [-0.25, -0.2) is 0 Å². The number of nitrogens with one attached hydrogen (secondary N) is 2. The van der Waals surface area contributed by atoms with Crippen LogP contribution in [0.3, 0.4) is 0 Å². The van der Waals surface area contributed by atoms with E-state index in [-0.39, 0.29) is 5.95 Å². The van der Waals surface area contributed by atoms with Gasteiger partial charge in [-0.15, -0.1) is 0 Å². The van der Waals surface area contributed by atoms with Crippen LogP contribution in [0.2, 0.25) is 0 Å². The zero-order valence-corrected chi connectivity index (χ0v) is 17.8. The topological polar surface area (TPSA) is 103 Å². The molecule has 0 amide bonds. The molecule has 0 aliphatic carbocycles. The van der Waals surface area contributed by atoms with E-state index in [1.165, 1.54) is 10.6 Å². The number of nitrogen functional groups attached to an aromatic ring is 1. The quantitative estimate of drug-likeness (QED) is 0.521. The number of aromatic nitrogens is 3. The Balaban J connectivity index is 1.38. The lowest BCUT2D eigenvalue weighted by Gasteiger charge is -2.33. The number of nitrogens with two attached hydrogens (primary N) is 1. The molecular formula is C22H28N7O2+. The van der Waals surface area contributed by atoms with Crippen molar-refractivity contribution in [3.05, 3.63) is 54.4 Å². The molecule has 2 heterocycles. The number of anilines is 4. The highest BCUT2D eigenvalue weighted by Crippen LogP contribution is 2.25. The van der Waals surface area contributed by atoms with Gasteiger partial charge in [-0.1, -0.05) is 12.1 Å². The molecule has 0 bridgehead atoms. The van der Waals surface area contributed by atoms with Gasteiger partial charge in [0, 0.05) is 5.69 Å². The molecule has 1 aliphatic rings. The summed E-state index contributed by atoms with van der Waals surface area (Å²) >= 11 is 0. The third kappa shape index (κ3) is 5.13. The Morgan fingerprint density at radius 1 is 0.968 bits per heavy atom. The van der Waals surface area contributed by atoms with Crippen LogP contribution in [0, 0.1) is 0 Å². The van der Waals surface area contributed by atoms with Gasteiger partial charge in [-0.05, 0) is 36.4 Å². The molecule has 4 rings (SSSR count). The van der Waals surface area contributed by atoms with Crippen LogP contribution >= 0.6 is 0 Å². The molecule has 2 aromatic carbocycles. The van der Waals surface area contributed by atoms with Crippen LogP contribution in [0.5, 0.6) is 11.5 Å². The van der Waals surface area contributed by atoms with Crippen LogP contribution < -0.4 is 30.3 Å². The van der Waals surface area contributed by atoms with Gasteiger partial charge in [0.2, 0.25) is 11.9 Å². The largest absolute Gasteiger partial charge is 0.497 e. The Bertz CT molecular complexity index is 1000. The minimum atomic E-state index is 0.207. The maximum absolute atomic E-state index is 5.95. The second-order valence-corrected chi connectivity index (χ2v) is 7.37. The van der Waals surface area contributed by atoms with Crippen molar-refractivity contribution >= 4 is 23.3 Å². The summed E-state index contributed by atoms with van der Waals surface area (Å²) in [7, 11) is 3.31. The van der Waals surface area contributed by atoms with E-state index >= 15 is 0 Å². The number of rotatable bonds is 7. The van der Waals surface area contributed by atoms with Gasteiger partial charge in [0.25, 0.3) is 0 Å². The van der Waals surface area contributed by atoms with Gasteiger partial charge in [-0.2, -0.15) is 15.0 Å². The summed E-state index contributed by atoms with van der Waals surface area (Å²) in [5.41, 5.74) is 7.94. The molecule has 1 saturated heterocycles. The van der Waals surface area contributed by atoms with E-state index in [2.05, 4.69) is 37.3 Å². The van der Waals surface area contributed by atoms with Crippen LogP contribution in [0.4, 0.5) is 23.3 Å². The number of quaternary nitrogens is 1. The lowest BCUT2D eigenvalue weighted by atomic mass is 10.2. The Hall–Kier alpha value is -3.59. The summed E-state index contributed by atoms with van der Waals surface area (Å²) in [4.78, 5) is 17.0. The van der Waals surface area contributed by atoms with Gasteiger partial charge >= 0.3 is 0 Å². The number of methoxy groups -OCH3 is 2. The van der Waals surface area contributed by atoms with Crippen molar-refractivity contribution in [3.8, 4) is 11.5 Å². The summed E-state index contributed by atoms with van der Waals surface area (Å²) in [5.74, 6) is 2.89. The molecule has 9 nitrogen and oxygen atoms in total. The molecule has 9 heteroatoms. The maximum atomic E-state index is 5.95. The molecule has 31 heavy (non-hydrogen) atoms. The number of hydrogen-bond donors (Lipinski definition) is 3. The lowest BCUT2D eigenvalue weighted by molar-refractivity contribution is -0.915. The van der Waals surface area contributed by atoms with Crippen LogP contribution in [0.15, 0.2) is 48.5 Å². The summed E-state index contributed by atoms with van der Waals surface area (Å²) < 4.78 is 10.6. The molecule has 0 atom stereocenters. The lowest BCUT2D eigenvalue weighted by Crippen LogP contribution is -3.13. The molecule has 4 N–H and O–H groups in total. The van der Waals surface area contributed by atoms with Crippen LogP contribution in [-0.2, 0) is 6.54 Å². The highest BCUT2D eigenvalue weighted by Gasteiger charge is 2.22. The molecule has 0 radical (unpaired) electrons. The second kappa shape index (κ2) is 9.48. The van der Waals surface area contributed by atoms with Gasteiger partial charge in [0.1, 0.15) is 18.0 Å². The first kappa shape index (κ1) is 20.7. The van der Waals surface area contributed by atoms with E-state index in [1.54, 1.807) is 14.2 Å². The highest BCUT2D eigenvalue weighted by atomic mass is 16.5. The second-order valence-electron chi connectivity index (χ2n) is 7.37. The normalized spacial score (nSPS) is 14.3. The standard InChI is InChI=1S/C22H27N7O2/c1-30-17-9-7-16(8-10-17)29-13-11-28(12-14-29)15-20-25-21(23)27-22(26-20)24-18-5-3-4-6-19(18)31-2/h3-10H,11-15H2,1-2H3,(H3,23,24,25,26,27)/p+1. The van der Waals surface area contributed by atoms with E-state index in [1.807, 2.05) is 36.4 Å². The van der Waals surface area contributed by atoms with Gasteiger partial charge < -0.3 is 30.3 Å². The van der Waals surface area contributed by atoms with E-state index in [4.69, 9.17) is 15.2 Å². The predicted octanol–water partition coefficient (Wildman–Crippen LogP) is 1.12. The minimum Gasteiger partial charge on any atom is -0.497 e. The Labute approximate surface area is 181 Å². The molecule has 162 valence electrons. The van der Waals surface area contributed by atoms with Crippen molar-refractivity contribution < 1.29 is 14.4 Å². The first-order valence-electron chi connectivity index (χ1n) is 10.3. The van der Waals surface area contributed by atoms with E-state index in [0.29, 0.717) is 24.1 Å². The van der Waals surface area contributed by atoms with Crippen molar-refractivity contribution in [1.82, 2.24) is 15.0 Å². The molecule has 1 aliphatic heterocycles. The van der Waals surface area contributed by atoms with Crippen LogP contribution in [0.25, 0.3) is 0 Å². The first-order chi connectivity index (χ1) is 15.1. The zero-order chi connectivity index (χ0) is 21.6. The van der Waals surface area contributed by atoms with E-state index < -0.39 is 0 Å². The zero-order valence-electron chi connectivity index (χ0n) is 17.8. The third-order valence-electron chi connectivity index (χ3n) is 5.37. The van der Waals surface area contributed by atoms with Crippen molar-refractivity contribution in [2.45, 2.75) is 6.54 Å². The number of ether oxygens (including phenoxy) is 2. The number of benzene rings is 2.